The van der Waals surface area contributed by atoms with Crippen molar-refractivity contribution in [2.75, 3.05) is 31.4 Å². The Hall–Kier alpha value is -0.780. The molecule has 0 radical (unpaired) electrons. The van der Waals surface area contributed by atoms with Gasteiger partial charge >= 0.3 is 0 Å². The van der Waals surface area contributed by atoms with Gasteiger partial charge in [-0.25, -0.2) is 0 Å². The molecule has 0 aliphatic carbocycles. The molecule has 2 rings (SSSR count). The molecule has 0 aromatic heterocycles. The zero-order chi connectivity index (χ0) is 13.1. The topological polar surface area (TPSA) is 38.5 Å². The second kappa shape index (κ2) is 5.91. The number of hydrogen-bond donors (Lipinski definition) is 1. The molecule has 2 N–H and O–H groups in total. The van der Waals surface area contributed by atoms with Crippen molar-refractivity contribution in [2.24, 2.45) is 5.73 Å². The van der Waals surface area contributed by atoms with E-state index in [0.29, 0.717) is 11.0 Å². The Morgan fingerprint density at radius 2 is 2.33 bits per heavy atom. The average molecular weight is 282 g/mol. The van der Waals surface area contributed by atoms with Crippen molar-refractivity contribution in [2.45, 2.75) is 17.4 Å². The highest BCUT2D eigenvalue weighted by Crippen LogP contribution is 2.31. The molecular weight excluding hydrogens is 264 g/mol. The number of anilines is 1. The molecule has 1 saturated heterocycles. The number of thiocarbonyl (C=S) groups is 1. The number of hydrogen-bond acceptors (Lipinski definition) is 4. The molecule has 18 heavy (non-hydrogen) atoms. The minimum absolute atomic E-state index is 0.412. The normalized spacial score (nSPS) is 18.9. The van der Waals surface area contributed by atoms with Gasteiger partial charge in [-0.2, -0.15) is 0 Å². The molecule has 1 aromatic rings. The molecule has 98 valence electrons. The Morgan fingerprint density at radius 3 is 2.89 bits per heavy atom. The van der Waals surface area contributed by atoms with Crippen LogP contribution in [0.2, 0.25) is 0 Å². The van der Waals surface area contributed by atoms with Gasteiger partial charge in [0, 0.05) is 29.8 Å². The maximum absolute atomic E-state index is 5.89. The van der Waals surface area contributed by atoms with Gasteiger partial charge in [-0.1, -0.05) is 18.3 Å². The molecule has 3 nitrogen and oxygen atoms in total. The Kier molecular flexibility index (Phi) is 4.48. The molecule has 0 spiro atoms. The molecule has 1 unspecified atom stereocenters. The summed E-state index contributed by atoms with van der Waals surface area (Å²) in [6.07, 6.45) is 3.09. The molecule has 5 heteroatoms. The summed E-state index contributed by atoms with van der Waals surface area (Å²) in [6.45, 7) is 1.61. The van der Waals surface area contributed by atoms with E-state index in [1.165, 1.54) is 0 Å². The maximum Gasteiger partial charge on any atom is 0.107 e. The first-order chi connectivity index (χ1) is 8.65. The van der Waals surface area contributed by atoms with Gasteiger partial charge in [0.2, 0.25) is 0 Å². The molecular formula is C13H18N2OS2. The lowest BCUT2D eigenvalue weighted by molar-refractivity contribution is 0.193. The van der Waals surface area contributed by atoms with Crippen molar-refractivity contribution in [1.82, 2.24) is 0 Å². The number of likely N-dealkylation sites (N-methyl/N-ethyl adjacent to an activating group) is 1. The average Bonchev–Trinajstić information content (AvgIpc) is 2.90. The summed E-state index contributed by atoms with van der Waals surface area (Å²) in [5.74, 6) is 0. The van der Waals surface area contributed by atoms with Crippen molar-refractivity contribution >= 4 is 34.7 Å². The smallest absolute Gasteiger partial charge is 0.107 e. The summed E-state index contributed by atoms with van der Waals surface area (Å²) in [4.78, 5) is 3.83. The van der Waals surface area contributed by atoms with Crippen LogP contribution in [0.1, 0.15) is 12.0 Å². The lowest BCUT2D eigenvalue weighted by Gasteiger charge is -2.28. The van der Waals surface area contributed by atoms with Crippen LogP contribution in [0.5, 0.6) is 0 Å². The second-order valence-corrected chi connectivity index (χ2v) is 5.63. The Morgan fingerprint density at radius 1 is 1.56 bits per heavy atom. The number of nitrogens with two attached hydrogens (primary N) is 1. The zero-order valence-electron chi connectivity index (χ0n) is 10.7. The first kappa shape index (κ1) is 13.6. The number of ether oxygens (including phenoxy) is 1. The lowest BCUT2D eigenvalue weighted by atomic mass is 10.1. The standard InChI is InChI=1S/C13H18N2OS2/c1-15(9-6-7-16-8-9)10-4-3-5-11(18-2)12(10)13(14)17/h3-5,9H,6-8H2,1-2H3,(H2,14,17). The highest BCUT2D eigenvalue weighted by atomic mass is 32.2. The van der Waals surface area contributed by atoms with Crippen LogP contribution < -0.4 is 10.6 Å². The van der Waals surface area contributed by atoms with E-state index in [1.807, 2.05) is 6.26 Å². The van der Waals surface area contributed by atoms with Crippen molar-refractivity contribution in [1.29, 1.82) is 0 Å². The third-order valence-corrected chi connectivity index (χ3v) is 4.29. The SMILES string of the molecule is CSc1cccc(N(C)C2CCOC2)c1C(N)=S. The summed E-state index contributed by atoms with van der Waals surface area (Å²) in [5.41, 5.74) is 7.97. The van der Waals surface area contributed by atoms with Crippen LogP contribution in [0.3, 0.4) is 0 Å². The number of rotatable bonds is 4. The Balaban J connectivity index is 2.39. The fraction of sp³-hybridized carbons (Fsp3) is 0.462. The third-order valence-electron chi connectivity index (χ3n) is 3.30. The van der Waals surface area contributed by atoms with Crippen LogP contribution in [0.4, 0.5) is 5.69 Å². The summed E-state index contributed by atoms with van der Waals surface area (Å²) in [6, 6.07) is 6.60. The molecule has 1 aliphatic heterocycles. The molecule has 0 amide bonds. The van der Waals surface area contributed by atoms with Crippen molar-refractivity contribution < 1.29 is 4.74 Å². The largest absolute Gasteiger partial charge is 0.389 e. The van der Waals surface area contributed by atoms with E-state index in [-0.39, 0.29) is 0 Å². The van der Waals surface area contributed by atoms with Crippen LogP contribution in [-0.4, -0.2) is 37.5 Å². The molecule has 1 atom stereocenters. The molecule has 0 saturated carbocycles. The molecule has 1 heterocycles. The van der Waals surface area contributed by atoms with E-state index >= 15 is 0 Å². The van der Waals surface area contributed by atoms with Crippen molar-refractivity contribution in [3.63, 3.8) is 0 Å². The first-order valence-electron chi connectivity index (χ1n) is 5.92. The van der Waals surface area contributed by atoms with Gasteiger partial charge in [0.05, 0.1) is 12.6 Å². The van der Waals surface area contributed by atoms with E-state index in [2.05, 4.69) is 30.1 Å². The fourth-order valence-corrected chi connectivity index (χ4v) is 3.17. The molecule has 0 bridgehead atoms. The lowest BCUT2D eigenvalue weighted by Crippen LogP contribution is -2.33. The summed E-state index contributed by atoms with van der Waals surface area (Å²) < 4.78 is 5.45. The van der Waals surface area contributed by atoms with Crippen LogP contribution >= 0.6 is 24.0 Å². The second-order valence-electron chi connectivity index (χ2n) is 4.35. The third kappa shape index (κ3) is 2.63. The minimum atomic E-state index is 0.412. The predicted molar refractivity (Wildman–Crippen MR) is 81.7 cm³/mol. The highest BCUT2D eigenvalue weighted by Gasteiger charge is 2.23. The highest BCUT2D eigenvalue weighted by molar-refractivity contribution is 7.98. The monoisotopic (exact) mass is 282 g/mol. The summed E-state index contributed by atoms with van der Waals surface area (Å²) in [5, 5.41) is 0. The fourth-order valence-electron chi connectivity index (χ4n) is 2.26. The van der Waals surface area contributed by atoms with Gasteiger partial charge in [0.15, 0.2) is 0 Å². The van der Waals surface area contributed by atoms with E-state index in [4.69, 9.17) is 22.7 Å². The van der Waals surface area contributed by atoms with Gasteiger partial charge in [0.25, 0.3) is 0 Å². The molecule has 1 fully saturated rings. The van der Waals surface area contributed by atoms with Crippen LogP contribution in [0, 0.1) is 0 Å². The number of nitrogens with zero attached hydrogens (tertiary/aromatic N) is 1. The van der Waals surface area contributed by atoms with E-state index in [1.54, 1.807) is 11.8 Å². The van der Waals surface area contributed by atoms with Gasteiger partial charge in [-0.15, -0.1) is 11.8 Å². The van der Waals surface area contributed by atoms with Crippen LogP contribution in [0.25, 0.3) is 0 Å². The van der Waals surface area contributed by atoms with Gasteiger partial charge in [-0.05, 0) is 24.8 Å². The van der Waals surface area contributed by atoms with Crippen LogP contribution in [0.15, 0.2) is 23.1 Å². The van der Waals surface area contributed by atoms with E-state index in [9.17, 15) is 0 Å². The van der Waals surface area contributed by atoms with Crippen molar-refractivity contribution in [3.8, 4) is 0 Å². The summed E-state index contributed by atoms with van der Waals surface area (Å²) in [7, 11) is 2.08. The first-order valence-corrected chi connectivity index (χ1v) is 7.56. The van der Waals surface area contributed by atoms with E-state index in [0.717, 1.165) is 35.8 Å². The van der Waals surface area contributed by atoms with Gasteiger partial charge < -0.3 is 15.4 Å². The Labute approximate surface area is 118 Å². The van der Waals surface area contributed by atoms with Crippen LogP contribution in [-0.2, 0) is 4.74 Å². The quantitative estimate of drug-likeness (QED) is 0.677. The number of thioether (sulfide) groups is 1. The molecule has 1 aliphatic rings. The predicted octanol–water partition coefficient (Wildman–Crippen LogP) is 2.27. The summed E-state index contributed by atoms with van der Waals surface area (Å²) >= 11 is 6.88. The number of benzene rings is 1. The zero-order valence-corrected chi connectivity index (χ0v) is 12.3. The molecule has 1 aromatic carbocycles. The Bertz CT molecular complexity index is 445. The van der Waals surface area contributed by atoms with Crippen molar-refractivity contribution in [3.05, 3.63) is 23.8 Å². The van der Waals surface area contributed by atoms with Gasteiger partial charge in [0.1, 0.15) is 4.99 Å². The minimum Gasteiger partial charge on any atom is -0.389 e. The van der Waals surface area contributed by atoms with Gasteiger partial charge in [-0.3, -0.25) is 0 Å². The maximum atomic E-state index is 5.89. The van der Waals surface area contributed by atoms with E-state index < -0.39 is 0 Å².